The fraction of sp³-hybridized carbons (Fsp3) is 0.261. The molecule has 5 nitrogen and oxygen atoms in total. The lowest BCUT2D eigenvalue weighted by Crippen LogP contribution is -2.21. The molecule has 0 aromatic heterocycles. The summed E-state index contributed by atoms with van der Waals surface area (Å²) in [6.45, 7) is 2.00. The van der Waals surface area contributed by atoms with Crippen molar-refractivity contribution in [3.8, 4) is 0 Å². The number of aliphatic imine (C=N–C) groups is 1. The molecule has 1 unspecified atom stereocenters. The quantitative estimate of drug-likeness (QED) is 0.597. The normalized spacial score (nSPS) is 19.7. The Morgan fingerprint density at radius 2 is 1.75 bits per heavy atom. The van der Waals surface area contributed by atoms with E-state index in [0.29, 0.717) is 41.8 Å². The van der Waals surface area contributed by atoms with Crippen LogP contribution in [-0.4, -0.2) is 22.7 Å². The van der Waals surface area contributed by atoms with Crippen molar-refractivity contribution in [3.63, 3.8) is 0 Å². The molecule has 0 bridgehead atoms. The first kappa shape index (κ1) is 23.5. The molecule has 3 N–H and O–H groups in total. The molecule has 0 heterocycles. The number of carboxylic acid groups (broad SMARTS) is 1. The molecule has 1 amide bonds. The number of alkyl halides is 3. The topological polar surface area (TPSA) is 92.8 Å². The number of halogens is 4. The van der Waals surface area contributed by atoms with Crippen molar-refractivity contribution in [2.75, 3.05) is 0 Å². The largest absolute Gasteiger partial charge is 0.478 e. The summed E-state index contributed by atoms with van der Waals surface area (Å²) >= 11 is 5.93. The molecule has 9 heteroatoms. The van der Waals surface area contributed by atoms with Gasteiger partial charge in [-0.3, -0.25) is 4.79 Å². The van der Waals surface area contributed by atoms with Crippen LogP contribution < -0.4 is 5.73 Å². The Morgan fingerprint density at radius 3 is 2.34 bits per heavy atom. The zero-order chi connectivity index (χ0) is 23.6. The van der Waals surface area contributed by atoms with Crippen molar-refractivity contribution < 1.29 is 27.9 Å². The van der Waals surface area contributed by atoms with Crippen LogP contribution in [0.4, 0.5) is 13.2 Å². The fourth-order valence-electron chi connectivity index (χ4n) is 3.61. The summed E-state index contributed by atoms with van der Waals surface area (Å²) in [6.07, 6.45) is -3.23. The second-order valence-corrected chi connectivity index (χ2v) is 8.05. The first-order valence-electron chi connectivity index (χ1n) is 9.79. The van der Waals surface area contributed by atoms with Gasteiger partial charge in [-0.05, 0) is 60.6 Å². The van der Waals surface area contributed by atoms with E-state index in [1.54, 1.807) is 12.1 Å². The number of nitrogens with zero attached hydrogens (tertiary/aromatic N) is 1. The predicted octanol–water partition coefficient (Wildman–Crippen LogP) is 5.83. The van der Waals surface area contributed by atoms with Crippen molar-refractivity contribution in [2.45, 2.75) is 32.4 Å². The van der Waals surface area contributed by atoms with Gasteiger partial charge in [0.15, 0.2) is 0 Å². The number of allylic oxidation sites excluding steroid dienone is 1. The summed E-state index contributed by atoms with van der Waals surface area (Å²) in [6, 6.07) is 9.01. The van der Waals surface area contributed by atoms with E-state index >= 15 is 0 Å². The minimum atomic E-state index is -4.76. The number of nitrogens with two attached hydrogens (primary N) is 1. The molecule has 1 atom stereocenters. The zero-order valence-corrected chi connectivity index (χ0v) is 17.8. The van der Waals surface area contributed by atoms with Crippen LogP contribution in [0.3, 0.4) is 0 Å². The van der Waals surface area contributed by atoms with Gasteiger partial charge in [0, 0.05) is 11.4 Å². The highest BCUT2D eigenvalue weighted by Crippen LogP contribution is 2.36. The van der Waals surface area contributed by atoms with Gasteiger partial charge in [0.25, 0.3) is 5.91 Å². The summed E-state index contributed by atoms with van der Waals surface area (Å²) in [5, 5.41) is 8.73. The Balaban J connectivity index is 2.07. The van der Waals surface area contributed by atoms with Gasteiger partial charge in [-0.1, -0.05) is 36.7 Å². The second-order valence-electron chi connectivity index (χ2n) is 7.65. The number of rotatable bonds is 3. The number of amides is 1. The minimum Gasteiger partial charge on any atom is -0.478 e. The number of carbonyl (C=O) groups is 2. The molecule has 2 aromatic rings. The number of carboxylic acids is 1. The molecule has 3 rings (SSSR count). The highest BCUT2D eigenvalue weighted by Gasteiger charge is 2.36. The van der Waals surface area contributed by atoms with Crippen molar-refractivity contribution in [1.29, 1.82) is 0 Å². The van der Waals surface area contributed by atoms with Crippen LogP contribution in [0.15, 0.2) is 53.0 Å². The van der Waals surface area contributed by atoms with E-state index in [1.807, 2.05) is 6.92 Å². The maximum Gasteiger partial charge on any atom is 0.417 e. The van der Waals surface area contributed by atoms with Crippen LogP contribution in [0.25, 0.3) is 5.70 Å². The van der Waals surface area contributed by atoms with Crippen molar-refractivity contribution in [1.82, 2.24) is 0 Å². The number of benzene rings is 2. The van der Waals surface area contributed by atoms with Gasteiger partial charge in [-0.15, -0.1) is 0 Å². The smallest absolute Gasteiger partial charge is 0.417 e. The highest BCUT2D eigenvalue weighted by molar-refractivity contribution is 6.34. The maximum absolute atomic E-state index is 13.4. The molecular formula is C23H20ClF3N2O3. The van der Waals surface area contributed by atoms with E-state index in [1.165, 1.54) is 18.2 Å². The second kappa shape index (κ2) is 9.16. The van der Waals surface area contributed by atoms with Gasteiger partial charge in [0.05, 0.1) is 21.7 Å². The van der Waals surface area contributed by atoms with E-state index in [-0.39, 0.29) is 16.5 Å². The molecule has 1 aliphatic carbocycles. The van der Waals surface area contributed by atoms with E-state index in [9.17, 15) is 22.8 Å². The van der Waals surface area contributed by atoms with Crippen LogP contribution in [0.1, 0.15) is 58.0 Å². The maximum atomic E-state index is 13.4. The van der Waals surface area contributed by atoms with Crippen LogP contribution in [0.5, 0.6) is 0 Å². The molecule has 168 valence electrons. The molecule has 1 aliphatic rings. The summed E-state index contributed by atoms with van der Waals surface area (Å²) in [5.41, 5.74) is 6.27. The summed E-state index contributed by atoms with van der Waals surface area (Å²) < 4.78 is 40.2. The lowest BCUT2D eigenvalue weighted by atomic mass is 9.83. The Labute approximate surface area is 187 Å². The lowest BCUT2D eigenvalue weighted by molar-refractivity contribution is -0.137. The molecule has 2 aromatic carbocycles. The Kier molecular flexibility index (Phi) is 6.74. The van der Waals surface area contributed by atoms with Crippen LogP contribution >= 0.6 is 11.6 Å². The average molecular weight is 465 g/mol. The minimum absolute atomic E-state index is 0.0889. The standard InChI is InChI=1S/C23H20ClF3N2O3/c1-12-5-10-18(15(11-12)20(28)13-6-8-14(9-7-13)22(31)32)29-21(30)19-16(23(25,26)27)3-2-4-17(19)24/h2-4,6-9,12H,5,10-11,28H2,1H3,(H,31,32)/b20-15-,29-18?. The zero-order valence-electron chi connectivity index (χ0n) is 17.0. The Hall–Kier alpha value is -3.13. The predicted molar refractivity (Wildman–Crippen MR) is 116 cm³/mol. The Morgan fingerprint density at radius 1 is 1.12 bits per heavy atom. The van der Waals surface area contributed by atoms with Crippen molar-refractivity contribution in [3.05, 3.63) is 75.3 Å². The van der Waals surface area contributed by atoms with E-state index < -0.39 is 29.2 Å². The monoisotopic (exact) mass is 464 g/mol. The molecule has 0 radical (unpaired) electrons. The summed E-state index contributed by atoms with van der Waals surface area (Å²) in [5.74, 6) is -1.94. The van der Waals surface area contributed by atoms with Crippen molar-refractivity contribution in [2.24, 2.45) is 16.6 Å². The lowest BCUT2D eigenvalue weighted by Gasteiger charge is -2.24. The third-order valence-corrected chi connectivity index (χ3v) is 5.63. The van der Waals surface area contributed by atoms with Gasteiger partial charge in [0.2, 0.25) is 0 Å². The van der Waals surface area contributed by atoms with Crippen LogP contribution in [-0.2, 0) is 6.18 Å². The van der Waals surface area contributed by atoms with Gasteiger partial charge >= 0.3 is 12.1 Å². The molecule has 0 aliphatic heterocycles. The first-order valence-corrected chi connectivity index (χ1v) is 10.2. The molecule has 32 heavy (non-hydrogen) atoms. The number of carbonyl (C=O) groups excluding carboxylic acids is 1. The van der Waals surface area contributed by atoms with Crippen molar-refractivity contribution >= 4 is 34.9 Å². The van der Waals surface area contributed by atoms with E-state index in [2.05, 4.69) is 4.99 Å². The first-order chi connectivity index (χ1) is 15.0. The van der Waals surface area contributed by atoms with Gasteiger partial charge in [0.1, 0.15) is 0 Å². The number of aromatic carboxylic acids is 1. The van der Waals surface area contributed by atoms with Gasteiger partial charge < -0.3 is 10.8 Å². The molecule has 1 fully saturated rings. The van der Waals surface area contributed by atoms with Gasteiger partial charge in [-0.2, -0.15) is 13.2 Å². The van der Waals surface area contributed by atoms with Crippen LogP contribution in [0, 0.1) is 5.92 Å². The fourth-order valence-corrected chi connectivity index (χ4v) is 3.87. The summed E-state index contributed by atoms with van der Waals surface area (Å²) in [4.78, 5) is 27.9. The molecule has 0 saturated heterocycles. The molecule has 1 saturated carbocycles. The number of hydrogen-bond donors (Lipinski definition) is 2. The van der Waals surface area contributed by atoms with E-state index in [0.717, 1.165) is 12.1 Å². The Bertz CT molecular complexity index is 1120. The number of hydrogen-bond acceptors (Lipinski definition) is 3. The molecule has 0 spiro atoms. The van der Waals surface area contributed by atoms with Gasteiger partial charge in [-0.25, -0.2) is 9.79 Å². The summed E-state index contributed by atoms with van der Waals surface area (Å²) in [7, 11) is 0. The third kappa shape index (κ3) is 5.02. The highest BCUT2D eigenvalue weighted by atomic mass is 35.5. The third-order valence-electron chi connectivity index (χ3n) is 5.31. The average Bonchev–Trinajstić information content (AvgIpc) is 2.73. The molecular weight excluding hydrogens is 445 g/mol. The SMILES string of the molecule is CC1CCC(=NC(=O)c2c(Cl)cccc2C(F)(F)F)/C(=C(\N)c2ccc(C(=O)O)cc2)C1. The van der Waals surface area contributed by atoms with E-state index in [4.69, 9.17) is 22.4 Å². The van der Waals surface area contributed by atoms with Crippen LogP contribution in [0.2, 0.25) is 5.02 Å².